The highest BCUT2D eigenvalue weighted by Gasteiger charge is 2.16. The summed E-state index contributed by atoms with van der Waals surface area (Å²) in [5, 5.41) is 16.4. The summed E-state index contributed by atoms with van der Waals surface area (Å²) in [6, 6.07) is 7.33. The van der Waals surface area contributed by atoms with E-state index in [2.05, 4.69) is 10.4 Å². The van der Waals surface area contributed by atoms with Crippen LogP contribution in [0, 0.1) is 0 Å². The number of carbonyl (C=O) groups is 2. The lowest BCUT2D eigenvalue weighted by molar-refractivity contribution is -0.137. The van der Waals surface area contributed by atoms with Gasteiger partial charge in [0.15, 0.2) is 0 Å². The highest BCUT2D eigenvalue weighted by atomic mass is 35.5. The van der Waals surface area contributed by atoms with E-state index >= 15 is 0 Å². The number of carbonyl (C=O) groups excluding carboxylic acids is 1. The third-order valence-electron chi connectivity index (χ3n) is 3.85. The third kappa shape index (κ3) is 5.32. The second kappa shape index (κ2) is 9.22. The molecule has 25 heavy (non-hydrogen) atoms. The van der Waals surface area contributed by atoms with Crippen LogP contribution < -0.4 is 5.32 Å². The zero-order valence-corrected chi connectivity index (χ0v) is 14.9. The Kier molecular flexibility index (Phi) is 7.01. The summed E-state index contributed by atoms with van der Waals surface area (Å²) >= 11 is 6.03. The first-order valence-electron chi connectivity index (χ1n) is 8.35. The van der Waals surface area contributed by atoms with Crippen LogP contribution in [0.3, 0.4) is 0 Å². The summed E-state index contributed by atoms with van der Waals surface area (Å²) < 4.78 is 1.73. The molecule has 0 aliphatic carbocycles. The standard InChI is InChI=1S/C18H22ClN3O3/c1-2-16-15(18(25)20-10-5-3-4-9-17(23)24)12-21-22(16)14-8-6-7-13(19)11-14/h6-8,11-12H,2-5,9-10H2,1H3,(H,20,25)(H,23,24). The second-order valence-electron chi connectivity index (χ2n) is 5.71. The second-order valence-corrected chi connectivity index (χ2v) is 6.15. The van der Waals surface area contributed by atoms with Gasteiger partial charge in [0.1, 0.15) is 0 Å². The van der Waals surface area contributed by atoms with Crippen molar-refractivity contribution in [2.45, 2.75) is 39.0 Å². The Balaban J connectivity index is 1.97. The smallest absolute Gasteiger partial charge is 0.303 e. The molecule has 1 aromatic heterocycles. The number of nitrogens with zero attached hydrogens (tertiary/aromatic N) is 2. The first-order chi connectivity index (χ1) is 12.0. The van der Waals surface area contributed by atoms with Crippen molar-refractivity contribution in [2.75, 3.05) is 6.54 Å². The Morgan fingerprint density at radius 1 is 1.28 bits per heavy atom. The normalized spacial score (nSPS) is 10.6. The third-order valence-corrected chi connectivity index (χ3v) is 4.09. The van der Waals surface area contributed by atoms with Crippen molar-refractivity contribution in [2.24, 2.45) is 0 Å². The van der Waals surface area contributed by atoms with Crippen molar-refractivity contribution in [3.63, 3.8) is 0 Å². The molecule has 2 rings (SSSR count). The van der Waals surface area contributed by atoms with E-state index in [9.17, 15) is 9.59 Å². The van der Waals surface area contributed by atoms with E-state index in [1.807, 2.05) is 19.1 Å². The van der Waals surface area contributed by atoms with Crippen LogP contribution in [0.25, 0.3) is 5.69 Å². The maximum atomic E-state index is 12.4. The Morgan fingerprint density at radius 2 is 2.08 bits per heavy atom. The maximum absolute atomic E-state index is 12.4. The van der Waals surface area contributed by atoms with Gasteiger partial charge in [-0.3, -0.25) is 9.59 Å². The number of aliphatic carboxylic acids is 1. The van der Waals surface area contributed by atoms with E-state index in [0.717, 1.165) is 24.2 Å². The molecule has 1 aromatic carbocycles. The van der Waals surface area contributed by atoms with Crippen LogP contribution in [-0.2, 0) is 11.2 Å². The first kappa shape index (κ1) is 19.0. The van der Waals surface area contributed by atoms with Crippen molar-refractivity contribution in [1.29, 1.82) is 0 Å². The molecule has 0 saturated heterocycles. The number of hydrogen-bond acceptors (Lipinski definition) is 3. The number of halogens is 1. The molecule has 6 nitrogen and oxygen atoms in total. The monoisotopic (exact) mass is 363 g/mol. The van der Waals surface area contributed by atoms with Crippen LogP contribution in [0.15, 0.2) is 30.5 Å². The topological polar surface area (TPSA) is 84.2 Å². The summed E-state index contributed by atoms with van der Waals surface area (Å²) in [4.78, 5) is 22.8. The molecule has 7 heteroatoms. The molecule has 0 saturated carbocycles. The summed E-state index contributed by atoms with van der Waals surface area (Å²) in [6.07, 6.45) is 4.55. The minimum absolute atomic E-state index is 0.164. The Bertz CT molecular complexity index is 743. The average molecular weight is 364 g/mol. The number of carboxylic acids is 1. The van der Waals surface area contributed by atoms with Crippen molar-refractivity contribution < 1.29 is 14.7 Å². The van der Waals surface area contributed by atoms with E-state index in [-0.39, 0.29) is 12.3 Å². The van der Waals surface area contributed by atoms with Gasteiger partial charge in [0.2, 0.25) is 0 Å². The zero-order valence-electron chi connectivity index (χ0n) is 14.2. The van der Waals surface area contributed by atoms with Crippen LogP contribution in [0.4, 0.5) is 0 Å². The van der Waals surface area contributed by atoms with Crippen LogP contribution in [0.2, 0.25) is 5.02 Å². The SMILES string of the molecule is CCc1c(C(=O)NCCCCCC(=O)O)cnn1-c1cccc(Cl)c1. The van der Waals surface area contributed by atoms with Gasteiger partial charge in [-0.15, -0.1) is 0 Å². The molecule has 0 radical (unpaired) electrons. The molecule has 0 unspecified atom stereocenters. The Labute approximate surface area is 151 Å². The van der Waals surface area contributed by atoms with Gasteiger partial charge in [0, 0.05) is 18.0 Å². The van der Waals surface area contributed by atoms with Crippen LogP contribution in [0.5, 0.6) is 0 Å². The molecule has 0 aliphatic rings. The Morgan fingerprint density at radius 3 is 2.76 bits per heavy atom. The maximum Gasteiger partial charge on any atom is 0.303 e. The number of carboxylic acid groups (broad SMARTS) is 1. The average Bonchev–Trinajstić information content (AvgIpc) is 3.01. The van der Waals surface area contributed by atoms with Gasteiger partial charge in [0.25, 0.3) is 5.91 Å². The summed E-state index contributed by atoms with van der Waals surface area (Å²) in [6.45, 7) is 2.49. The minimum Gasteiger partial charge on any atom is -0.481 e. The van der Waals surface area contributed by atoms with Crippen LogP contribution in [0.1, 0.15) is 48.7 Å². The number of aromatic nitrogens is 2. The van der Waals surface area contributed by atoms with Gasteiger partial charge in [0.05, 0.1) is 23.1 Å². The highest BCUT2D eigenvalue weighted by molar-refractivity contribution is 6.30. The van der Waals surface area contributed by atoms with E-state index in [1.54, 1.807) is 23.0 Å². The molecule has 0 fully saturated rings. The summed E-state index contributed by atoms with van der Waals surface area (Å²) in [7, 11) is 0. The lowest BCUT2D eigenvalue weighted by Crippen LogP contribution is -2.25. The van der Waals surface area contributed by atoms with Crippen molar-refractivity contribution >= 4 is 23.5 Å². The fourth-order valence-corrected chi connectivity index (χ4v) is 2.79. The van der Waals surface area contributed by atoms with Crippen LogP contribution >= 0.6 is 11.6 Å². The molecule has 0 bridgehead atoms. The van der Waals surface area contributed by atoms with Crippen molar-refractivity contribution in [3.05, 3.63) is 46.7 Å². The molecule has 2 N–H and O–H groups in total. The number of unbranched alkanes of at least 4 members (excludes halogenated alkanes) is 2. The van der Waals surface area contributed by atoms with Crippen LogP contribution in [-0.4, -0.2) is 33.3 Å². The van der Waals surface area contributed by atoms with E-state index < -0.39 is 5.97 Å². The number of hydrogen-bond donors (Lipinski definition) is 2. The molecule has 0 spiro atoms. The molecule has 0 aliphatic heterocycles. The zero-order chi connectivity index (χ0) is 18.2. The lowest BCUT2D eigenvalue weighted by atomic mass is 10.1. The van der Waals surface area contributed by atoms with Gasteiger partial charge in [-0.1, -0.05) is 31.0 Å². The number of rotatable bonds is 9. The van der Waals surface area contributed by atoms with Gasteiger partial charge in [-0.25, -0.2) is 4.68 Å². The number of benzene rings is 1. The largest absolute Gasteiger partial charge is 0.481 e. The number of nitrogens with one attached hydrogen (secondary N) is 1. The van der Waals surface area contributed by atoms with E-state index in [1.165, 1.54) is 0 Å². The predicted molar refractivity (Wildman–Crippen MR) is 96.4 cm³/mol. The van der Waals surface area contributed by atoms with Crippen molar-refractivity contribution in [3.8, 4) is 5.69 Å². The van der Waals surface area contributed by atoms with Gasteiger partial charge in [-0.05, 0) is 37.5 Å². The van der Waals surface area contributed by atoms with Gasteiger partial charge >= 0.3 is 5.97 Å². The fraction of sp³-hybridized carbons (Fsp3) is 0.389. The molecule has 1 heterocycles. The molecular formula is C18H22ClN3O3. The molecule has 1 amide bonds. The van der Waals surface area contributed by atoms with Gasteiger partial charge in [-0.2, -0.15) is 5.10 Å². The van der Waals surface area contributed by atoms with E-state index in [0.29, 0.717) is 30.0 Å². The summed E-state index contributed by atoms with van der Waals surface area (Å²) in [5.41, 5.74) is 2.19. The molecule has 134 valence electrons. The minimum atomic E-state index is -0.787. The molecule has 2 aromatic rings. The predicted octanol–water partition coefficient (Wildman–Crippen LogP) is 3.46. The van der Waals surface area contributed by atoms with E-state index in [4.69, 9.17) is 16.7 Å². The quantitative estimate of drug-likeness (QED) is 0.668. The molecule has 0 atom stereocenters. The lowest BCUT2D eigenvalue weighted by Gasteiger charge is -2.09. The summed E-state index contributed by atoms with van der Waals surface area (Å²) in [5.74, 6) is -0.951. The number of amides is 1. The van der Waals surface area contributed by atoms with Gasteiger partial charge < -0.3 is 10.4 Å². The Hall–Kier alpha value is -2.34. The highest BCUT2D eigenvalue weighted by Crippen LogP contribution is 2.19. The molecular weight excluding hydrogens is 342 g/mol. The fourth-order valence-electron chi connectivity index (χ4n) is 2.61. The van der Waals surface area contributed by atoms with Crippen molar-refractivity contribution in [1.82, 2.24) is 15.1 Å². The first-order valence-corrected chi connectivity index (χ1v) is 8.73.